The van der Waals surface area contributed by atoms with E-state index in [1.165, 1.54) is 5.69 Å². The van der Waals surface area contributed by atoms with Crippen LogP contribution in [0.1, 0.15) is 20.8 Å². The molecule has 0 fully saturated rings. The van der Waals surface area contributed by atoms with Gasteiger partial charge in [0.05, 0.1) is 6.20 Å². The van der Waals surface area contributed by atoms with Crippen LogP contribution in [0.15, 0.2) is 48.8 Å². The number of aromatic nitrogens is 2. The van der Waals surface area contributed by atoms with E-state index in [9.17, 15) is 0 Å². The molecule has 0 unspecified atom stereocenters. The fraction of sp³-hybridized carbons (Fsp3) is 0.308. The van der Waals surface area contributed by atoms with E-state index in [2.05, 4.69) is 72.9 Å². The maximum absolute atomic E-state index is 2.22. The van der Waals surface area contributed by atoms with Crippen molar-refractivity contribution >= 4 is 0 Å². The molecule has 0 atom stereocenters. The van der Waals surface area contributed by atoms with Crippen molar-refractivity contribution in [1.29, 1.82) is 0 Å². The van der Waals surface area contributed by atoms with Crippen LogP contribution < -0.4 is 4.68 Å². The number of nitrogens with zero attached hydrogens (tertiary/aromatic N) is 2. The zero-order valence-electron chi connectivity index (χ0n) is 9.51. The second kappa shape index (κ2) is 3.54. The minimum atomic E-state index is 0.0966. The predicted molar refractivity (Wildman–Crippen MR) is 61.0 cm³/mol. The molecule has 0 amide bonds. The van der Waals surface area contributed by atoms with Crippen molar-refractivity contribution in [1.82, 2.24) is 4.68 Å². The zero-order valence-corrected chi connectivity index (χ0v) is 9.51. The van der Waals surface area contributed by atoms with Gasteiger partial charge in [0, 0.05) is 26.8 Å². The van der Waals surface area contributed by atoms with Gasteiger partial charge in [-0.1, -0.05) is 18.2 Å². The van der Waals surface area contributed by atoms with Crippen LogP contribution in [0.2, 0.25) is 0 Å². The molecule has 0 spiro atoms. The van der Waals surface area contributed by atoms with Crippen molar-refractivity contribution in [3.05, 3.63) is 48.8 Å². The van der Waals surface area contributed by atoms with Gasteiger partial charge in [0.1, 0.15) is 5.69 Å². The first-order valence-electron chi connectivity index (χ1n) is 5.24. The third kappa shape index (κ3) is 1.94. The van der Waals surface area contributed by atoms with E-state index in [1.807, 2.05) is 6.07 Å². The molecular formula is C13H17N2+. The zero-order chi connectivity index (χ0) is 10.9. The summed E-state index contributed by atoms with van der Waals surface area (Å²) < 4.78 is 4.39. The first kappa shape index (κ1) is 9.97. The van der Waals surface area contributed by atoms with E-state index in [-0.39, 0.29) is 5.54 Å². The Morgan fingerprint density at radius 2 is 1.67 bits per heavy atom. The summed E-state index contributed by atoms with van der Waals surface area (Å²) in [6, 6.07) is 12.4. The van der Waals surface area contributed by atoms with Gasteiger partial charge in [-0.2, -0.15) is 0 Å². The fourth-order valence-electron chi connectivity index (χ4n) is 1.68. The van der Waals surface area contributed by atoms with Crippen LogP contribution in [0.25, 0.3) is 5.69 Å². The third-order valence-corrected chi connectivity index (χ3v) is 2.39. The number of para-hydroxylation sites is 1. The maximum atomic E-state index is 2.22. The Morgan fingerprint density at radius 1 is 1.00 bits per heavy atom. The molecule has 78 valence electrons. The lowest BCUT2D eigenvalue weighted by Crippen LogP contribution is -2.55. The molecular weight excluding hydrogens is 184 g/mol. The smallest absolute Gasteiger partial charge is 0.128 e. The second-order valence-electron chi connectivity index (χ2n) is 4.69. The quantitative estimate of drug-likeness (QED) is 0.627. The molecule has 2 nitrogen and oxygen atoms in total. The van der Waals surface area contributed by atoms with Crippen molar-refractivity contribution in [2.24, 2.45) is 0 Å². The van der Waals surface area contributed by atoms with Crippen molar-refractivity contribution in [3.8, 4) is 5.69 Å². The van der Waals surface area contributed by atoms with Crippen molar-refractivity contribution in [2.75, 3.05) is 0 Å². The first-order chi connectivity index (χ1) is 7.09. The molecule has 15 heavy (non-hydrogen) atoms. The molecule has 0 aliphatic carbocycles. The Hall–Kier alpha value is -1.57. The van der Waals surface area contributed by atoms with Crippen LogP contribution in [-0.2, 0) is 5.54 Å². The summed E-state index contributed by atoms with van der Waals surface area (Å²) in [6.07, 6.45) is 4.19. The highest BCUT2D eigenvalue weighted by molar-refractivity contribution is 5.28. The van der Waals surface area contributed by atoms with E-state index in [4.69, 9.17) is 0 Å². The van der Waals surface area contributed by atoms with E-state index in [0.29, 0.717) is 0 Å². The Kier molecular flexibility index (Phi) is 2.35. The first-order valence-corrected chi connectivity index (χ1v) is 5.24. The number of benzene rings is 1. The molecule has 2 rings (SSSR count). The third-order valence-electron chi connectivity index (χ3n) is 2.39. The Labute approximate surface area is 90.8 Å². The fourth-order valence-corrected chi connectivity index (χ4v) is 1.68. The summed E-state index contributed by atoms with van der Waals surface area (Å²) in [5.41, 5.74) is 1.29. The van der Waals surface area contributed by atoms with Gasteiger partial charge in [-0.15, -0.1) is 9.36 Å². The van der Waals surface area contributed by atoms with Gasteiger partial charge < -0.3 is 0 Å². The number of hydrogen-bond donors (Lipinski definition) is 0. The lowest BCUT2D eigenvalue weighted by atomic mass is 10.1. The van der Waals surface area contributed by atoms with Crippen molar-refractivity contribution < 1.29 is 4.68 Å². The summed E-state index contributed by atoms with van der Waals surface area (Å²) in [7, 11) is 0. The molecule has 0 aliphatic heterocycles. The van der Waals surface area contributed by atoms with Gasteiger partial charge in [-0.05, 0) is 12.1 Å². The van der Waals surface area contributed by atoms with E-state index in [0.717, 1.165) is 0 Å². The minimum absolute atomic E-state index is 0.0966. The van der Waals surface area contributed by atoms with Gasteiger partial charge in [0.15, 0.2) is 11.7 Å². The summed E-state index contributed by atoms with van der Waals surface area (Å²) in [5.74, 6) is 0. The summed E-state index contributed by atoms with van der Waals surface area (Å²) in [5, 5.41) is 0. The average Bonchev–Trinajstić information content (AvgIpc) is 2.67. The number of hydrogen-bond acceptors (Lipinski definition) is 0. The van der Waals surface area contributed by atoms with Gasteiger partial charge in [-0.25, -0.2) is 0 Å². The summed E-state index contributed by atoms with van der Waals surface area (Å²) in [4.78, 5) is 0. The molecule has 1 aromatic heterocycles. The van der Waals surface area contributed by atoms with Crippen LogP contribution in [-0.4, -0.2) is 4.68 Å². The Morgan fingerprint density at radius 3 is 2.27 bits per heavy atom. The van der Waals surface area contributed by atoms with Gasteiger partial charge >= 0.3 is 0 Å². The van der Waals surface area contributed by atoms with Crippen molar-refractivity contribution in [2.45, 2.75) is 26.3 Å². The van der Waals surface area contributed by atoms with Crippen LogP contribution in [0.5, 0.6) is 0 Å². The summed E-state index contributed by atoms with van der Waals surface area (Å²) >= 11 is 0. The standard InChI is InChI=1S/C13H17N2/c1-13(2,3)15-11-7-10-14(15)12-8-5-4-6-9-12/h4-11H,1-3H3/q+1. The van der Waals surface area contributed by atoms with Gasteiger partial charge in [-0.3, -0.25) is 0 Å². The topological polar surface area (TPSA) is 8.81 Å². The molecule has 2 aromatic rings. The normalized spacial score (nSPS) is 11.7. The van der Waals surface area contributed by atoms with Crippen molar-refractivity contribution in [3.63, 3.8) is 0 Å². The average molecular weight is 201 g/mol. The molecule has 0 saturated heterocycles. The van der Waals surface area contributed by atoms with Crippen LogP contribution in [0, 0.1) is 0 Å². The number of rotatable bonds is 1. The van der Waals surface area contributed by atoms with Crippen LogP contribution >= 0.6 is 0 Å². The summed E-state index contributed by atoms with van der Waals surface area (Å²) in [6.45, 7) is 6.60. The molecule has 0 N–H and O–H groups in total. The molecule has 1 heterocycles. The van der Waals surface area contributed by atoms with Gasteiger partial charge in [0.25, 0.3) is 0 Å². The highest BCUT2D eigenvalue weighted by atomic mass is 15.4. The predicted octanol–water partition coefficient (Wildman–Crippen LogP) is 2.52. The Balaban J connectivity index is 2.51. The van der Waals surface area contributed by atoms with E-state index >= 15 is 0 Å². The van der Waals surface area contributed by atoms with E-state index in [1.54, 1.807) is 0 Å². The highest BCUT2D eigenvalue weighted by Crippen LogP contribution is 2.08. The van der Waals surface area contributed by atoms with Gasteiger partial charge in [0.2, 0.25) is 0 Å². The molecule has 1 aromatic carbocycles. The minimum Gasteiger partial charge on any atom is -0.128 e. The largest absolute Gasteiger partial charge is 0.196 e. The van der Waals surface area contributed by atoms with Crippen LogP contribution in [0.3, 0.4) is 0 Å². The van der Waals surface area contributed by atoms with E-state index < -0.39 is 0 Å². The molecule has 2 heteroatoms. The SMILES string of the molecule is CC(C)(C)[n+]1cccn1-c1ccccc1. The van der Waals surface area contributed by atoms with Crippen LogP contribution in [0.4, 0.5) is 0 Å². The Bertz CT molecular complexity index is 435. The lowest BCUT2D eigenvalue weighted by Gasteiger charge is -2.14. The molecule has 0 aliphatic rings. The second-order valence-corrected chi connectivity index (χ2v) is 4.69. The lowest BCUT2D eigenvalue weighted by molar-refractivity contribution is -0.817. The highest BCUT2D eigenvalue weighted by Gasteiger charge is 2.25. The maximum Gasteiger partial charge on any atom is 0.196 e. The molecule has 0 saturated carbocycles. The molecule has 0 radical (unpaired) electrons. The monoisotopic (exact) mass is 201 g/mol. The molecule has 0 bridgehead atoms.